The van der Waals surface area contributed by atoms with Gasteiger partial charge in [-0.15, -0.1) is 4.68 Å². The van der Waals surface area contributed by atoms with Gasteiger partial charge >= 0.3 is 23.7 Å². The Labute approximate surface area is 329 Å². The average Bonchev–Trinajstić information content (AvgIpc) is 3.38. The zero-order valence-electron chi connectivity index (χ0n) is 33.4. The van der Waals surface area contributed by atoms with Crippen molar-refractivity contribution in [2.45, 2.75) is 110 Å². The minimum atomic E-state index is -6.09. The van der Waals surface area contributed by atoms with Gasteiger partial charge in [0.25, 0.3) is 5.91 Å². The number of aromatic nitrogens is 2. The van der Waals surface area contributed by atoms with Crippen molar-refractivity contribution in [2.24, 2.45) is 11.8 Å². The van der Waals surface area contributed by atoms with Crippen molar-refractivity contribution in [3.63, 3.8) is 0 Å². The maximum Gasteiger partial charge on any atom is 0.485 e. The molecule has 0 bridgehead atoms. The number of rotatable bonds is 13. The van der Waals surface area contributed by atoms with Crippen LogP contribution in [-0.2, 0) is 47.1 Å². The Morgan fingerprint density at radius 2 is 1.47 bits per heavy atom. The number of carbonyl (C=O) groups is 4. The van der Waals surface area contributed by atoms with E-state index in [0.29, 0.717) is 56.1 Å². The third-order valence-electron chi connectivity index (χ3n) is 7.09. The molecule has 1 fully saturated rings. The molecule has 1 atom stereocenters. The fourth-order valence-corrected chi connectivity index (χ4v) is 4.70. The average molecular weight is 839 g/mol. The molecule has 1 aromatic heterocycles. The summed E-state index contributed by atoms with van der Waals surface area (Å²) in [6, 6.07) is 6.41. The summed E-state index contributed by atoms with van der Waals surface area (Å²) in [5.74, 6) is 4.89. The lowest BCUT2D eigenvalue weighted by molar-refractivity contribution is -0.781. The van der Waals surface area contributed by atoms with Crippen LogP contribution in [0.3, 0.4) is 0 Å². The first-order chi connectivity index (χ1) is 26.0. The summed E-state index contributed by atoms with van der Waals surface area (Å²) in [6.07, 6.45) is 2.35. The molecular weight excluding hydrogens is 785 g/mol. The van der Waals surface area contributed by atoms with Crippen LogP contribution in [0.25, 0.3) is 0 Å². The molecule has 1 aromatic carbocycles. The molecule has 18 nitrogen and oxygen atoms in total. The maximum absolute atomic E-state index is 13.2. The maximum atomic E-state index is 13.2. The van der Waals surface area contributed by atoms with Crippen LogP contribution in [0.1, 0.15) is 79.1 Å². The molecule has 1 aliphatic heterocycles. The quantitative estimate of drug-likeness (QED) is 0.0496. The molecule has 0 spiro atoms. The van der Waals surface area contributed by atoms with E-state index in [0.717, 1.165) is 0 Å². The molecule has 2 aromatic rings. The molecule has 0 unspecified atom stereocenters. The molecule has 4 N–H and O–H groups in total. The van der Waals surface area contributed by atoms with E-state index >= 15 is 0 Å². The number of nitrogens with two attached hydrogens (primary N) is 1. The SMILES string of the molecule is CC(C)(C)OC(=O)NCCCn1cc(NC(=O)c2ccc(OC[C@H](ON)C(=O)OC(C)(C)C)cc2)c[n+]1CC1CN(C(=O)OC(C)(C)C)C1.O=S(=O)([O-])C(F)(F)F. The van der Waals surface area contributed by atoms with Crippen LogP contribution >= 0.6 is 0 Å². The van der Waals surface area contributed by atoms with Crippen molar-refractivity contribution < 1.29 is 73.8 Å². The van der Waals surface area contributed by atoms with E-state index in [9.17, 15) is 32.3 Å². The van der Waals surface area contributed by atoms with Crippen molar-refractivity contribution in [1.82, 2.24) is 14.9 Å². The molecule has 1 aliphatic rings. The summed E-state index contributed by atoms with van der Waals surface area (Å²) in [5, 5.41) is 5.71. The minimum absolute atomic E-state index is 0.172. The molecular formula is C35H53F3N6O12S. The lowest BCUT2D eigenvalue weighted by Gasteiger charge is -2.38. The van der Waals surface area contributed by atoms with Crippen molar-refractivity contribution in [3.05, 3.63) is 42.2 Å². The van der Waals surface area contributed by atoms with Crippen LogP contribution in [0.5, 0.6) is 5.75 Å². The predicted octanol–water partition coefficient (Wildman–Crippen LogP) is 3.84. The Balaban J connectivity index is 0.00000126. The van der Waals surface area contributed by atoms with E-state index < -0.39 is 50.6 Å². The molecule has 1 saturated heterocycles. The summed E-state index contributed by atoms with van der Waals surface area (Å²) in [5.41, 5.74) is -6.54. The van der Waals surface area contributed by atoms with E-state index in [4.69, 9.17) is 42.7 Å². The van der Waals surface area contributed by atoms with Gasteiger partial charge < -0.3 is 39.0 Å². The summed E-state index contributed by atoms with van der Waals surface area (Å²) in [7, 11) is -6.09. The van der Waals surface area contributed by atoms with Crippen LogP contribution in [0.15, 0.2) is 36.7 Å². The highest BCUT2D eigenvalue weighted by Crippen LogP contribution is 2.22. The van der Waals surface area contributed by atoms with Crippen molar-refractivity contribution in [1.29, 1.82) is 0 Å². The summed E-state index contributed by atoms with van der Waals surface area (Å²) < 4.78 is 84.6. The van der Waals surface area contributed by atoms with Crippen molar-refractivity contribution in [2.75, 3.05) is 31.6 Å². The van der Waals surface area contributed by atoms with Crippen LogP contribution in [0.2, 0.25) is 0 Å². The number of nitrogens with zero attached hydrogens (tertiary/aromatic N) is 3. The number of likely N-dealkylation sites (tertiary alicyclic amines) is 1. The minimum Gasteiger partial charge on any atom is -0.741 e. The van der Waals surface area contributed by atoms with Crippen LogP contribution in [-0.4, -0.2) is 101 Å². The Bertz CT molecular complexity index is 1780. The van der Waals surface area contributed by atoms with Gasteiger partial charge in [0.1, 0.15) is 34.8 Å². The van der Waals surface area contributed by atoms with Gasteiger partial charge in [-0.1, -0.05) is 0 Å². The third-order valence-corrected chi connectivity index (χ3v) is 7.65. The Hall–Kier alpha value is -4.67. The van der Waals surface area contributed by atoms with E-state index in [1.54, 1.807) is 70.7 Å². The molecule has 322 valence electrons. The Kier molecular flexibility index (Phi) is 16.7. The van der Waals surface area contributed by atoms with E-state index in [1.807, 2.05) is 42.5 Å². The monoisotopic (exact) mass is 838 g/mol. The predicted molar refractivity (Wildman–Crippen MR) is 195 cm³/mol. The molecule has 0 radical (unpaired) electrons. The molecule has 0 saturated carbocycles. The number of nitrogens with one attached hydrogen (secondary N) is 2. The van der Waals surface area contributed by atoms with Crippen LogP contribution in [0, 0.1) is 5.92 Å². The molecule has 3 amide bonds. The molecule has 0 aliphatic carbocycles. The normalized spacial score (nSPS) is 14.3. The number of anilines is 1. The van der Waals surface area contributed by atoms with E-state index in [1.165, 1.54) is 0 Å². The highest BCUT2D eigenvalue weighted by Gasteiger charge is 2.38. The summed E-state index contributed by atoms with van der Waals surface area (Å²) in [6.45, 7) is 18.6. The second-order valence-corrected chi connectivity index (χ2v) is 17.3. The number of benzene rings is 1. The number of alkyl halides is 3. The molecule has 22 heteroatoms. The fourth-order valence-electron chi connectivity index (χ4n) is 4.70. The topological polar surface area (TPSA) is 234 Å². The van der Waals surface area contributed by atoms with Gasteiger partial charge in [-0.3, -0.25) is 9.63 Å². The molecule has 57 heavy (non-hydrogen) atoms. The fraction of sp³-hybridized carbons (Fsp3) is 0.629. The number of hydrogen-bond donors (Lipinski definition) is 3. The summed E-state index contributed by atoms with van der Waals surface area (Å²) in [4.78, 5) is 56.3. The van der Waals surface area contributed by atoms with Gasteiger partial charge in [0.05, 0.1) is 18.7 Å². The lowest BCUT2D eigenvalue weighted by Crippen LogP contribution is -2.58. The van der Waals surface area contributed by atoms with E-state index in [-0.39, 0.29) is 24.5 Å². The number of aryl methyl sites for hydroxylation is 1. The van der Waals surface area contributed by atoms with Gasteiger partial charge in [0, 0.05) is 25.2 Å². The highest BCUT2D eigenvalue weighted by molar-refractivity contribution is 7.86. The first-order valence-electron chi connectivity index (χ1n) is 17.7. The van der Waals surface area contributed by atoms with Gasteiger partial charge in [-0.2, -0.15) is 17.9 Å². The van der Waals surface area contributed by atoms with Gasteiger partial charge in [0.15, 0.2) is 16.7 Å². The Morgan fingerprint density at radius 3 is 1.96 bits per heavy atom. The van der Waals surface area contributed by atoms with Crippen LogP contribution in [0.4, 0.5) is 28.4 Å². The second-order valence-electron chi connectivity index (χ2n) is 15.9. The van der Waals surface area contributed by atoms with Crippen LogP contribution < -0.4 is 25.9 Å². The zero-order chi connectivity index (χ0) is 43.6. The first kappa shape index (κ1) is 48.5. The number of ether oxygens (including phenoxy) is 4. The molecule has 2 heterocycles. The molecule has 3 rings (SSSR count). The van der Waals surface area contributed by atoms with Gasteiger partial charge in [0.2, 0.25) is 12.3 Å². The van der Waals surface area contributed by atoms with Crippen molar-refractivity contribution in [3.8, 4) is 5.75 Å². The first-order valence-corrected chi connectivity index (χ1v) is 19.1. The second kappa shape index (κ2) is 19.7. The lowest BCUT2D eigenvalue weighted by atomic mass is 10.0. The zero-order valence-corrected chi connectivity index (χ0v) is 34.2. The number of hydrogen-bond acceptors (Lipinski definition) is 13. The van der Waals surface area contributed by atoms with Crippen molar-refractivity contribution >= 4 is 39.9 Å². The number of esters is 1. The number of halogens is 3. The number of alkyl carbamates (subject to hydrolysis) is 1. The Morgan fingerprint density at radius 1 is 0.930 bits per heavy atom. The third kappa shape index (κ3) is 18.0. The number of amides is 3. The van der Waals surface area contributed by atoms with E-state index in [2.05, 4.69) is 10.6 Å². The van der Waals surface area contributed by atoms with Gasteiger partial charge in [-0.05, 0) is 93.0 Å². The highest BCUT2D eigenvalue weighted by atomic mass is 32.2. The summed E-state index contributed by atoms with van der Waals surface area (Å²) >= 11 is 0. The van der Waals surface area contributed by atoms with Gasteiger partial charge in [-0.25, -0.2) is 28.7 Å². The standard InChI is InChI=1S/C34H52N6O9.CHF3O3S/c1-32(2,3)46-29(42)27(49-35)22-45-26-13-11-24(12-14-26)28(41)37-25-20-39(16-10-15-36-30(43)47-33(4,5)6)40(21-25)19-23-17-38(18-23)31(44)48-34(7,8)9;2-1(3,4)8(5,6)7/h11-14,20-21,23,27H,10,15-19,22,35H2,1-9H3,(H-,36,37,41,43);(H,5,6,7)/t27-;/m0./s1. The number of carbonyl (C=O) groups excluding carboxylic acids is 4. The smallest absolute Gasteiger partial charge is 0.485 e. The largest absolute Gasteiger partial charge is 0.741 e.